The monoisotopic (exact) mass is 202 g/mol. The molecule has 15 heavy (non-hydrogen) atoms. The van der Waals surface area contributed by atoms with E-state index in [4.69, 9.17) is 0 Å². The van der Waals surface area contributed by atoms with Gasteiger partial charge in [0.2, 0.25) is 0 Å². The minimum atomic E-state index is -0.633. The summed E-state index contributed by atoms with van der Waals surface area (Å²) >= 11 is 0. The molecule has 0 saturated carbocycles. The zero-order valence-corrected chi connectivity index (χ0v) is 8.88. The van der Waals surface area contributed by atoms with Gasteiger partial charge in [0.05, 0.1) is 12.0 Å². The van der Waals surface area contributed by atoms with Crippen molar-refractivity contribution < 1.29 is 5.11 Å². The molecule has 0 saturated heterocycles. The number of aryl methyl sites for hydroxylation is 2. The molecule has 0 radical (unpaired) electrons. The van der Waals surface area contributed by atoms with Gasteiger partial charge in [0, 0.05) is 13.2 Å². The van der Waals surface area contributed by atoms with Crippen molar-refractivity contribution >= 4 is 0 Å². The van der Waals surface area contributed by atoms with Crippen LogP contribution in [0.15, 0.2) is 36.8 Å². The minimum Gasteiger partial charge on any atom is -0.382 e. The lowest BCUT2D eigenvalue weighted by Gasteiger charge is -2.08. The molecule has 0 fully saturated rings. The van der Waals surface area contributed by atoms with Crippen molar-refractivity contribution in [2.45, 2.75) is 13.0 Å². The van der Waals surface area contributed by atoms with Crippen molar-refractivity contribution in [2.75, 3.05) is 0 Å². The molecule has 1 heterocycles. The van der Waals surface area contributed by atoms with Crippen LogP contribution in [0.25, 0.3) is 0 Å². The van der Waals surface area contributed by atoms with Gasteiger partial charge in [-0.3, -0.25) is 0 Å². The van der Waals surface area contributed by atoms with E-state index in [-0.39, 0.29) is 0 Å². The molecule has 2 rings (SSSR count). The maximum atomic E-state index is 10.1. The minimum absolute atomic E-state index is 0.633. The van der Waals surface area contributed by atoms with Gasteiger partial charge in [0.15, 0.2) is 0 Å². The van der Waals surface area contributed by atoms with Crippen molar-refractivity contribution in [3.05, 3.63) is 53.6 Å². The molecule has 1 N–H and O–H groups in total. The van der Waals surface area contributed by atoms with Gasteiger partial charge in [-0.1, -0.05) is 29.8 Å². The molecule has 78 valence electrons. The molecule has 0 aliphatic carbocycles. The third-order valence-corrected chi connectivity index (χ3v) is 2.36. The molecule has 0 bridgehead atoms. The van der Waals surface area contributed by atoms with Crippen LogP contribution in [0.3, 0.4) is 0 Å². The fourth-order valence-corrected chi connectivity index (χ4v) is 1.59. The molecule has 0 amide bonds. The van der Waals surface area contributed by atoms with Crippen molar-refractivity contribution in [1.82, 2.24) is 9.55 Å². The summed E-state index contributed by atoms with van der Waals surface area (Å²) in [6, 6.07) is 7.83. The maximum Gasteiger partial charge on any atom is 0.123 e. The average Bonchev–Trinajstić information content (AvgIpc) is 2.64. The fourth-order valence-electron chi connectivity index (χ4n) is 1.59. The molecule has 1 aromatic heterocycles. The quantitative estimate of drug-likeness (QED) is 0.806. The zero-order valence-electron chi connectivity index (χ0n) is 8.88. The number of rotatable bonds is 2. The standard InChI is InChI=1S/C12H14N2O/c1-9-4-3-5-10(6-9)12(15)11-7-14(2)8-13-11/h3-8,12,15H,1-2H3. The molecule has 0 aliphatic rings. The first-order valence-corrected chi connectivity index (χ1v) is 4.89. The highest BCUT2D eigenvalue weighted by Crippen LogP contribution is 2.20. The molecule has 1 unspecified atom stereocenters. The fraction of sp³-hybridized carbons (Fsp3) is 0.250. The second kappa shape index (κ2) is 3.87. The van der Waals surface area contributed by atoms with Gasteiger partial charge >= 0.3 is 0 Å². The van der Waals surface area contributed by atoms with Crippen LogP contribution in [0, 0.1) is 6.92 Å². The Morgan fingerprint density at radius 1 is 1.40 bits per heavy atom. The van der Waals surface area contributed by atoms with E-state index < -0.39 is 6.10 Å². The van der Waals surface area contributed by atoms with Crippen molar-refractivity contribution in [3.63, 3.8) is 0 Å². The van der Waals surface area contributed by atoms with Crippen molar-refractivity contribution in [3.8, 4) is 0 Å². The van der Waals surface area contributed by atoms with Gasteiger partial charge < -0.3 is 9.67 Å². The predicted molar refractivity (Wildman–Crippen MR) is 58.4 cm³/mol. The van der Waals surface area contributed by atoms with Crippen LogP contribution in [0.4, 0.5) is 0 Å². The summed E-state index contributed by atoms with van der Waals surface area (Å²) in [4.78, 5) is 4.13. The topological polar surface area (TPSA) is 38.0 Å². The third-order valence-electron chi connectivity index (χ3n) is 2.36. The van der Waals surface area contributed by atoms with Gasteiger partial charge in [-0.05, 0) is 12.5 Å². The zero-order chi connectivity index (χ0) is 10.8. The Hall–Kier alpha value is -1.61. The van der Waals surface area contributed by atoms with Gasteiger partial charge in [-0.2, -0.15) is 0 Å². The van der Waals surface area contributed by atoms with E-state index in [1.165, 1.54) is 0 Å². The molecular formula is C12H14N2O. The second-order valence-corrected chi connectivity index (χ2v) is 3.78. The normalized spacial score (nSPS) is 12.7. The number of nitrogens with zero attached hydrogens (tertiary/aromatic N) is 2. The number of aliphatic hydroxyl groups is 1. The van der Waals surface area contributed by atoms with Crippen LogP contribution in [-0.2, 0) is 7.05 Å². The Kier molecular flexibility index (Phi) is 2.56. The summed E-state index contributed by atoms with van der Waals surface area (Å²) in [6.45, 7) is 2.01. The molecule has 0 aliphatic heterocycles. The SMILES string of the molecule is Cc1cccc(C(O)c2cn(C)cn2)c1. The molecule has 2 aromatic rings. The molecular weight excluding hydrogens is 188 g/mol. The molecule has 0 spiro atoms. The Labute approximate surface area is 89.0 Å². The van der Waals surface area contributed by atoms with E-state index in [1.54, 1.807) is 6.33 Å². The predicted octanol–water partition coefficient (Wildman–Crippen LogP) is 1.81. The molecule has 3 nitrogen and oxygen atoms in total. The lowest BCUT2D eigenvalue weighted by atomic mass is 10.1. The van der Waals surface area contributed by atoms with E-state index >= 15 is 0 Å². The first-order valence-electron chi connectivity index (χ1n) is 4.89. The van der Waals surface area contributed by atoms with Crippen LogP contribution in [0.1, 0.15) is 22.9 Å². The first-order chi connectivity index (χ1) is 7.16. The van der Waals surface area contributed by atoms with E-state index in [9.17, 15) is 5.11 Å². The highest BCUT2D eigenvalue weighted by molar-refractivity contribution is 5.28. The number of hydrogen-bond acceptors (Lipinski definition) is 2. The Morgan fingerprint density at radius 2 is 2.20 bits per heavy atom. The van der Waals surface area contributed by atoms with Gasteiger partial charge in [0.1, 0.15) is 6.10 Å². The number of benzene rings is 1. The smallest absolute Gasteiger partial charge is 0.123 e. The van der Waals surface area contributed by atoms with Crippen LogP contribution in [0.5, 0.6) is 0 Å². The Balaban J connectivity index is 2.32. The third kappa shape index (κ3) is 2.07. The van der Waals surface area contributed by atoms with Crippen LogP contribution in [-0.4, -0.2) is 14.7 Å². The van der Waals surface area contributed by atoms with Crippen LogP contribution >= 0.6 is 0 Å². The number of aliphatic hydroxyl groups excluding tert-OH is 1. The van der Waals surface area contributed by atoms with Crippen molar-refractivity contribution in [1.29, 1.82) is 0 Å². The van der Waals surface area contributed by atoms with Gasteiger partial charge in [-0.15, -0.1) is 0 Å². The highest BCUT2D eigenvalue weighted by atomic mass is 16.3. The number of imidazole rings is 1. The van der Waals surface area contributed by atoms with Crippen LogP contribution in [0.2, 0.25) is 0 Å². The highest BCUT2D eigenvalue weighted by Gasteiger charge is 2.12. The lowest BCUT2D eigenvalue weighted by Crippen LogP contribution is -2.00. The van der Waals surface area contributed by atoms with E-state index in [2.05, 4.69) is 4.98 Å². The summed E-state index contributed by atoms with van der Waals surface area (Å²) in [5, 5.41) is 10.1. The Morgan fingerprint density at radius 3 is 2.80 bits per heavy atom. The van der Waals surface area contributed by atoms with E-state index in [0.29, 0.717) is 5.69 Å². The van der Waals surface area contributed by atoms with Crippen molar-refractivity contribution in [2.24, 2.45) is 7.05 Å². The summed E-state index contributed by atoms with van der Waals surface area (Å²) in [7, 11) is 1.89. The summed E-state index contributed by atoms with van der Waals surface area (Å²) in [6.07, 6.45) is 2.88. The first kappa shape index (κ1) is 9.93. The Bertz CT molecular complexity index is 462. The summed E-state index contributed by atoms with van der Waals surface area (Å²) in [5.74, 6) is 0. The summed E-state index contributed by atoms with van der Waals surface area (Å²) < 4.78 is 1.83. The average molecular weight is 202 g/mol. The molecule has 1 atom stereocenters. The van der Waals surface area contributed by atoms with Gasteiger partial charge in [0.25, 0.3) is 0 Å². The summed E-state index contributed by atoms with van der Waals surface area (Å²) in [5.41, 5.74) is 2.71. The lowest BCUT2D eigenvalue weighted by molar-refractivity contribution is 0.215. The van der Waals surface area contributed by atoms with Gasteiger partial charge in [-0.25, -0.2) is 4.98 Å². The van der Waals surface area contributed by atoms with E-state index in [0.717, 1.165) is 11.1 Å². The largest absolute Gasteiger partial charge is 0.382 e. The maximum absolute atomic E-state index is 10.1. The number of aromatic nitrogens is 2. The molecule has 1 aromatic carbocycles. The number of hydrogen-bond donors (Lipinski definition) is 1. The van der Waals surface area contributed by atoms with Crippen LogP contribution < -0.4 is 0 Å². The second-order valence-electron chi connectivity index (χ2n) is 3.78. The molecule has 3 heteroatoms. The van der Waals surface area contributed by atoms with E-state index in [1.807, 2.05) is 49.0 Å².